The van der Waals surface area contributed by atoms with Gasteiger partial charge in [-0.2, -0.15) is 0 Å². The van der Waals surface area contributed by atoms with Gasteiger partial charge in [-0.15, -0.1) is 0 Å². The van der Waals surface area contributed by atoms with Crippen LogP contribution in [-0.4, -0.2) is 19.2 Å². The highest BCUT2D eigenvalue weighted by Crippen LogP contribution is 2.29. The third-order valence-electron chi connectivity index (χ3n) is 3.74. The Morgan fingerprint density at radius 3 is 2.74 bits per heavy atom. The van der Waals surface area contributed by atoms with Crippen LogP contribution in [0.15, 0.2) is 18.2 Å². The molecule has 2 atom stereocenters. The Balaban J connectivity index is 2.11. The molecule has 4 heteroatoms. The number of hydrogen-bond acceptors (Lipinski definition) is 4. The molecule has 2 unspecified atom stereocenters. The molecule has 0 heterocycles. The van der Waals surface area contributed by atoms with Crippen LogP contribution >= 0.6 is 0 Å². The minimum atomic E-state index is -0.324. The fraction of sp³-hybridized carbons (Fsp3) is 0.533. The summed E-state index contributed by atoms with van der Waals surface area (Å²) in [6.45, 7) is 2.14. The summed E-state index contributed by atoms with van der Waals surface area (Å²) in [6.07, 6.45) is 4.44. The predicted molar refractivity (Wildman–Crippen MR) is 74.2 cm³/mol. The summed E-state index contributed by atoms with van der Waals surface area (Å²) in [6, 6.07) is 4.98. The van der Waals surface area contributed by atoms with Crippen molar-refractivity contribution >= 4 is 11.7 Å². The molecule has 1 aromatic rings. The van der Waals surface area contributed by atoms with Gasteiger partial charge in [-0.05, 0) is 37.3 Å². The molecule has 1 aliphatic carbocycles. The molecule has 19 heavy (non-hydrogen) atoms. The van der Waals surface area contributed by atoms with E-state index in [1.165, 1.54) is 13.5 Å². The van der Waals surface area contributed by atoms with Gasteiger partial charge in [0.2, 0.25) is 0 Å². The minimum Gasteiger partial charge on any atom is -0.496 e. The first-order chi connectivity index (χ1) is 9.11. The second-order valence-electron chi connectivity index (χ2n) is 5.17. The second kappa shape index (κ2) is 5.95. The molecule has 0 amide bonds. The zero-order valence-electron chi connectivity index (χ0n) is 11.5. The van der Waals surface area contributed by atoms with Crippen molar-refractivity contribution in [2.45, 2.75) is 38.7 Å². The summed E-state index contributed by atoms with van der Waals surface area (Å²) in [5.74, 6) is 0.571. The predicted octanol–water partition coefficient (Wildman–Crippen LogP) is 3.01. The summed E-state index contributed by atoms with van der Waals surface area (Å²) in [5.41, 5.74) is 6.69. The van der Waals surface area contributed by atoms with Crippen molar-refractivity contribution in [1.29, 1.82) is 0 Å². The largest absolute Gasteiger partial charge is 0.496 e. The maximum Gasteiger partial charge on any atom is 0.342 e. The van der Waals surface area contributed by atoms with E-state index >= 15 is 0 Å². The number of nitrogen functional groups attached to an aromatic ring is 1. The zero-order valence-corrected chi connectivity index (χ0v) is 11.5. The van der Waals surface area contributed by atoms with Crippen LogP contribution in [-0.2, 0) is 4.74 Å². The van der Waals surface area contributed by atoms with E-state index in [2.05, 4.69) is 6.92 Å². The number of anilines is 1. The number of ether oxygens (including phenoxy) is 2. The third kappa shape index (κ3) is 3.19. The third-order valence-corrected chi connectivity index (χ3v) is 3.74. The van der Waals surface area contributed by atoms with Gasteiger partial charge in [-0.1, -0.05) is 13.3 Å². The summed E-state index contributed by atoms with van der Waals surface area (Å²) in [5, 5.41) is 0. The Morgan fingerprint density at radius 1 is 1.32 bits per heavy atom. The standard InChI is InChI=1S/C15H21NO3/c1-10-5-3-4-6-13(10)19-15(17)12-8-7-11(16)9-14(12)18-2/h7-10,13H,3-6,16H2,1-2H3. The van der Waals surface area contributed by atoms with Gasteiger partial charge in [0.1, 0.15) is 17.4 Å². The van der Waals surface area contributed by atoms with Gasteiger partial charge in [0.05, 0.1) is 7.11 Å². The summed E-state index contributed by atoms with van der Waals surface area (Å²) < 4.78 is 10.8. The summed E-state index contributed by atoms with van der Waals surface area (Å²) >= 11 is 0. The molecule has 2 rings (SSSR count). The van der Waals surface area contributed by atoms with Crippen LogP contribution in [0.2, 0.25) is 0 Å². The minimum absolute atomic E-state index is 0.0171. The number of benzene rings is 1. The van der Waals surface area contributed by atoms with Gasteiger partial charge in [0.25, 0.3) is 0 Å². The molecule has 1 aromatic carbocycles. The van der Waals surface area contributed by atoms with Crippen LogP contribution in [0.4, 0.5) is 5.69 Å². The number of carbonyl (C=O) groups is 1. The summed E-state index contributed by atoms with van der Waals surface area (Å²) in [4.78, 5) is 12.2. The highest BCUT2D eigenvalue weighted by molar-refractivity contribution is 5.93. The van der Waals surface area contributed by atoms with E-state index in [0.717, 1.165) is 19.3 Å². The molecule has 0 saturated heterocycles. The fourth-order valence-corrected chi connectivity index (χ4v) is 2.53. The molecule has 1 aliphatic rings. The van der Waals surface area contributed by atoms with E-state index in [-0.39, 0.29) is 12.1 Å². The van der Waals surface area contributed by atoms with Crippen molar-refractivity contribution in [2.24, 2.45) is 5.92 Å². The second-order valence-corrected chi connectivity index (χ2v) is 5.17. The molecule has 4 nitrogen and oxygen atoms in total. The van der Waals surface area contributed by atoms with E-state index in [1.807, 2.05) is 0 Å². The van der Waals surface area contributed by atoms with Crippen LogP contribution < -0.4 is 10.5 Å². The van der Waals surface area contributed by atoms with Gasteiger partial charge < -0.3 is 15.2 Å². The van der Waals surface area contributed by atoms with Crippen LogP contribution in [0.25, 0.3) is 0 Å². The van der Waals surface area contributed by atoms with Crippen LogP contribution in [0.3, 0.4) is 0 Å². The molecular formula is C15H21NO3. The first-order valence-corrected chi connectivity index (χ1v) is 6.76. The quantitative estimate of drug-likeness (QED) is 0.672. The van der Waals surface area contributed by atoms with Gasteiger partial charge in [-0.25, -0.2) is 4.79 Å². The Hall–Kier alpha value is -1.71. The monoisotopic (exact) mass is 263 g/mol. The van der Waals surface area contributed by atoms with Crippen molar-refractivity contribution in [2.75, 3.05) is 12.8 Å². The van der Waals surface area contributed by atoms with Crippen LogP contribution in [0, 0.1) is 5.92 Å². The SMILES string of the molecule is COc1cc(N)ccc1C(=O)OC1CCCCC1C. The lowest BCUT2D eigenvalue weighted by Gasteiger charge is -2.28. The highest BCUT2D eigenvalue weighted by atomic mass is 16.5. The van der Waals surface area contributed by atoms with Gasteiger partial charge >= 0.3 is 5.97 Å². The van der Waals surface area contributed by atoms with E-state index in [9.17, 15) is 4.79 Å². The number of hydrogen-bond donors (Lipinski definition) is 1. The van der Waals surface area contributed by atoms with Gasteiger partial charge in [0.15, 0.2) is 0 Å². The molecule has 0 aliphatic heterocycles. The Labute approximate surface area is 113 Å². The first-order valence-electron chi connectivity index (χ1n) is 6.76. The van der Waals surface area contributed by atoms with E-state index in [0.29, 0.717) is 22.9 Å². The van der Waals surface area contributed by atoms with E-state index < -0.39 is 0 Å². The lowest BCUT2D eigenvalue weighted by atomic mass is 9.88. The maximum absolute atomic E-state index is 12.2. The first kappa shape index (κ1) is 13.7. The molecule has 1 fully saturated rings. The average Bonchev–Trinajstić information content (AvgIpc) is 2.41. The number of rotatable bonds is 3. The summed E-state index contributed by atoms with van der Waals surface area (Å²) in [7, 11) is 1.52. The molecule has 0 spiro atoms. The molecule has 104 valence electrons. The van der Waals surface area contributed by atoms with Crippen molar-refractivity contribution in [3.8, 4) is 5.75 Å². The van der Waals surface area contributed by atoms with Crippen LogP contribution in [0.1, 0.15) is 43.0 Å². The van der Waals surface area contributed by atoms with E-state index in [1.54, 1.807) is 18.2 Å². The Morgan fingerprint density at radius 2 is 2.05 bits per heavy atom. The number of nitrogens with two attached hydrogens (primary N) is 1. The molecule has 0 bridgehead atoms. The normalized spacial score (nSPS) is 22.8. The molecular weight excluding hydrogens is 242 g/mol. The van der Waals surface area contributed by atoms with Crippen molar-refractivity contribution in [1.82, 2.24) is 0 Å². The number of esters is 1. The lowest BCUT2D eigenvalue weighted by molar-refractivity contribution is 0.00454. The number of carbonyl (C=O) groups excluding carboxylic acids is 1. The Kier molecular flexibility index (Phi) is 4.30. The van der Waals surface area contributed by atoms with Crippen molar-refractivity contribution in [3.05, 3.63) is 23.8 Å². The van der Waals surface area contributed by atoms with Crippen molar-refractivity contribution < 1.29 is 14.3 Å². The van der Waals surface area contributed by atoms with Gasteiger partial charge in [-0.3, -0.25) is 0 Å². The highest BCUT2D eigenvalue weighted by Gasteiger charge is 2.26. The Bertz CT molecular complexity index is 459. The number of methoxy groups -OCH3 is 1. The van der Waals surface area contributed by atoms with Gasteiger partial charge in [0, 0.05) is 11.8 Å². The lowest BCUT2D eigenvalue weighted by Crippen LogP contribution is -2.28. The molecule has 2 N–H and O–H groups in total. The molecule has 0 radical (unpaired) electrons. The van der Waals surface area contributed by atoms with Crippen LogP contribution in [0.5, 0.6) is 5.75 Å². The topological polar surface area (TPSA) is 61.5 Å². The van der Waals surface area contributed by atoms with Crippen molar-refractivity contribution in [3.63, 3.8) is 0 Å². The maximum atomic E-state index is 12.2. The smallest absolute Gasteiger partial charge is 0.342 e. The molecule has 1 saturated carbocycles. The zero-order chi connectivity index (χ0) is 13.8. The average molecular weight is 263 g/mol. The fourth-order valence-electron chi connectivity index (χ4n) is 2.53. The van der Waals surface area contributed by atoms with E-state index in [4.69, 9.17) is 15.2 Å². The molecule has 0 aromatic heterocycles.